The topological polar surface area (TPSA) is 108 Å². The van der Waals surface area contributed by atoms with Gasteiger partial charge in [-0.15, -0.1) is 12.4 Å². The standard InChI is InChI=1S/C15H21N3O5.ClH/c1-10-6-17(8-12(10)16)7-11-3-4-14(13(5-11)18(20)21)23-9-15(19)22-2;/h3-5,10,12H,6-9,16H2,1-2H3;1H. The summed E-state index contributed by atoms with van der Waals surface area (Å²) in [7, 11) is 1.23. The zero-order valence-corrected chi connectivity index (χ0v) is 14.5. The Morgan fingerprint density at radius 1 is 1.46 bits per heavy atom. The number of benzene rings is 1. The first-order valence-electron chi connectivity index (χ1n) is 7.35. The van der Waals surface area contributed by atoms with E-state index in [0.717, 1.165) is 18.7 Å². The summed E-state index contributed by atoms with van der Waals surface area (Å²) in [5.41, 5.74) is 6.64. The van der Waals surface area contributed by atoms with E-state index in [1.165, 1.54) is 19.2 Å². The number of carbonyl (C=O) groups excluding carboxylic acids is 1. The van der Waals surface area contributed by atoms with E-state index in [0.29, 0.717) is 12.5 Å². The molecule has 0 aliphatic carbocycles. The highest BCUT2D eigenvalue weighted by Crippen LogP contribution is 2.29. The third-order valence-electron chi connectivity index (χ3n) is 3.95. The molecule has 0 radical (unpaired) electrons. The Hall–Kier alpha value is -1.90. The molecule has 0 saturated carbocycles. The minimum Gasteiger partial charge on any atom is -0.475 e. The summed E-state index contributed by atoms with van der Waals surface area (Å²) in [5.74, 6) is -0.133. The highest BCUT2D eigenvalue weighted by Gasteiger charge is 2.27. The van der Waals surface area contributed by atoms with Crippen LogP contribution in [-0.4, -0.2) is 48.6 Å². The molecule has 2 unspecified atom stereocenters. The molecule has 24 heavy (non-hydrogen) atoms. The lowest BCUT2D eigenvalue weighted by Crippen LogP contribution is -2.28. The molecule has 1 fully saturated rings. The molecule has 1 aromatic carbocycles. The Labute approximate surface area is 146 Å². The highest BCUT2D eigenvalue weighted by atomic mass is 35.5. The number of hydrogen-bond acceptors (Lipinski definition) is 7. The largest absolute Gasteiger partial charge is 0.475 e. The first-order valence-corrected chi connectivity index (χ1v) is 7.35. The molecular formula is C15H22ClN3O5. The average molecular weight is 360 g/mol. The lowest BCUT2D eigenvalue weighted by molar-refractivity contribution is -0.385. The normalized spacial score (nSPS) is 20.3. The quantitative estimate of drug-likeness (QED) is 0.464. The molecule has 2 atom stereocenters. The number of carbonyl (C=O) groups is 1. The summed E-state index contributed by atoms with van der Waals surface area (Å²) < 4.78 is 9.61. The molecule has 1 saturated heterocycles. The van der Waals surface area contributed by atoms with Gasteiger partial charge in [-0.25, -0.2) is 4.79 Å². The molecule has 0 bridgehead atoms. The van der Waals surface area contributed by atoms with Gasteiger partial charge in [0.2, 0.25) is 0 Å². The van der Waals surface area contributed by atoms with Crippen molar-refractivity contribution >= 4 is 24.1 Å². The Balaban J connectivity index is 0.00000288. The van der Waals surface area contributed by atoms with Gasteiger partial charge in [0.15, 0.2) is 12.4 Å². The van der Waals surface area contributed by atoms with Crippen LogP contribution in [0.4, 0.5) is 5.69 Å². The third kappa shape index (κ3) is 5.05. The molecule has 1 aliphatic rings. The fourth-order valence-electron chi connectivity index (χ4n) is 2.60. The van der Waals surface area contributed by atoms with Gasteiger partial charge < -0.3 is 15.2 Å². The second kappa shape index (κ2) is 8.81. The lowest BCUT2D eigenvalue weighted by atomic mass is 10.1. The third-order valence-corrected chi connectivity index (χ3v) is 3.95. The molecular weight excluding hydrogens is 338 g/mol. The molecule has 1 aliphatic heterocycles. The Bertz CT molecular complexity index is 588. The number of esters is 1. The second-order valence-corrected chi connectivity index (χ2v) is 5.76. The first kappa shape index (κ1) is 20.1. The van der Waals surface area contributed by atoms with Crippen molar-refractivity contribution < 1.29 is 19.2 Å². The van der Waals surface area contributed by atoms with Crippen LogP contribution in [-0.2, 0) is 16.1 Å². The summed E-state index contributed by atoms with van der Waals surface area (Å²) in [6.45, 7) is 3.97. The number of nitrogens with two attached hydrogens (primary N) is 1. The number of nitrogens with zero attached hydrogens (tertiary/aromatic N) is 2. The minimum atomic E-state index is -0.594. The van der Waals surface area contributed by atoms with Gasteiger partial charge in [-0.3, -0.25) is 15.0 Å². The zero-order chi connectivity index (χ0) is 17.0. The van der Waals surface area contributed by atoms with Gasteiger partial charge in [0.25, 0.3) is 0 Å². The smallest absolute Gasteiger partial charge is 0.343 e. The van der Waals surface area contributed by atoms with Crippen molar-refractivity contribution in [2.24, 2.45) is 11.7 Å². The Morgan fingerprint density at radius 2 is 2.17 bits per heavy atom. The van der Waals surface area contributed by atoms with Gasteiger partial charge in [-0.2, -0.15) is 0 Å². The van der Waals surface area contributed by atoms with E-state index < -0.39 is 10.9 Å². The zero-order valence-electron chi connectivity index (χ0n) is 13.6. The molecule has 134 valence electrons. The van der Waals surface area contributed by atoms with E-state index >= 15 is 0 Å². The second-order valence-electron chi connectivity index (χ2n) is 5.76. The predicted octanol–water partition coefficient (Wildman–Crippen LogP) is 1.35. The van der Waals surface area contributed by atoms with Crippen LogP contribution in [0.3, 0.4) is 0 Å². The van der Waals surface area contributed by atoms with Crippen molar-refractivity contribution in [1.29, 1.82) is 0 Å². The minimum absolute atomic E-state index is 0. The fraction of sp³-hybridized carbons (Fsp3) is 0.533. The Kier molecular flexibility index (Phi) is 7.40. The summed E-state index contributed by atoms with van der Waals surface area (Å²) >= 11 is 0. The molecule has 9 heteroatoms. The maximum absolute atomic E-state index is 11.2. The van der Waals surface area contributed by atoms with Crippen LogP contribution in [0, 0.1) is 16.0 Å². The molecule has 0 spiro atoms. The molecule has 0 aromatic heterocycles. The highest BCUT2D eigenvalue weighted by molar-refractivity contribution is 5.85. The molecule has 8 nitrogen and oxygen atoms in total. The van der Waals surface area contributed by atoms with Crippen molar-refractivity contribution in [3.8, 4) is 5.75 Å². The van der Waals surface area contributed by atoms with Crippen molar-refractivity contribution in [3.63, 3.8) is 0 Å². The molecule has 0 amide bonds. The van der Waals surface area contributed by atoms with Crippen LogP contribution >= 0.6 is 12.4 Å². The number of halogens is 1. The number of rotatable bonds is 6. The van der Waals surface area contributed by atoms with Crippen LogP contribution in [0.15, 0.2) is 18.2 Å². The predicted molar refractivity (Wildman–Crippen MR) is 90.3 cm³/mol. The average Bonchev–Trinajstić information content (AvgIpc) is 2.83. The van der Waals surface area contributed by atoms with Gasteiger partial charge in [0, 0.05) is 31.7 Å². The summed E-state index contributed by atoms with van der Waals surface area (Å²) in [6.07, 6.45) is 0. The van der Waals surface area contributed by atoms with Crippen molar-refractivity contribution in [3.05, 3.63) is 33.9 Å². The summed E-state index contributed by atoms with van der Waals surface area (Å²) in [5, 5.41) is 11.2. The van der Waals surface area contributed by atoms with Gasteiger partial charge in [0.05, 0.1) is 12.0 Å². The van der Waals surface area contributed by atoms with Crippen molar-refractivity contribution in [2.75, 3.05) is 26.8 Å². The van der Waals surface area contributed by atoms with E-state index in [1.54, 1.807) is 6.07 Å². The summed E-state index contributed by atoms with van der Waals surface area (Å²) in [4.78, 5) is 23.9. The van der Waals surface area contributed by atoms with E-state index in [-0.39, 0.29) is 36.5 Å². The van der Waals surface area contributed by atoms with E-state index in [4.69, 9.17) is 10.5 Å². The molecule has 1 aromatic rings. The van der Waals surface area contributed by atoms with Crippen molar-refractivity contribution in [2.45, 2.75) is 19.5 Å². The van der Waals surface area contributed by atoms with E-state index in [1.807, 2.05) is 0 Å². The number of methoxy groups -OCH3 is 1. The van der Waals surface area contributed by atoms with Gasteiger partial charge in [0.1, 0.15) is 0 Å². The van der Waals surface area contributed by atoms with Crippen LogP contribution < -0.4 is 10.5 Å². The first-order chi connectivity index (χ1) is 10.9. The lowest BCUT2D eigenvalue weighted by Gasteiger charge is -2.15. The summed E-state index contributed by atoms with van der Waals surface area (Å²) in [6, 6.07) is 4.87. The van der Waals surface area contributed by atoms with Gasteiger partial charge >= 0.3 is 11.7 Å². The SMILES string of the molecule is COC(=O)COc1ccc(CN2CC(C)C(N)C2)cc1[N+](=O)[O-].Cl. The maximum atomic E-state index is 11.2. The van der Waals surface area contributed by atoms with Crippen LogP contribution in [0.2, 0.25) is 0 Å². The number of likely N-dealkylation sites (tertiary alicyclic amines) is 1. The van der Waals surface area contributed by atoms with Crippen LogP contribution in [0.25, 0.3) is 0 Å². The monoisotopic (exact) mass is 359 g/mol. The molecule has 2 N–H and O–H groups in total. The number of nitro benzene ring substituents is 1. The van der Waals surface area contributed by atoms with Gasteiger partial charge in [-0.05, 0) is 17.5 Å². The van der Waals surface area contributed by atoms with Crippen LogP contribution in [0.1, 0.15) is 12.5 Å². The van der Waals surface area contributed by atoms with Crippen LogP contribution in [0.5, 0.6) is 5.75 Å². The van der Waals surface area contributed by atoms with E-state index in [2.05, 4.69) is 16.6 Å². The van der Waals surface area contributed by atoms with Crippen molar-refractivity contribution in [1.82, 2.24) is 4.90 Å². The Morgan fingerprint density at radius 3 is 2.71 bits per heavy atom. The fourth-order valence-corrected chi connectivity index (χ4v) is 2.60. The maximum Gasteiger partial charge on any atom is 0.343 e. The molecule has 2 rings (SSSR count). The number of ether oxygens (including phenoxy) is 2. The number of hydrogen-bond donors (Lipinski definition) is 1. The number of nitro groups is 1. The van der Waals surface area contributed by atoms with Gasteiger partial charge in [-0.1, -0.05) is 13.0 Å². The van der Waals surface area contributed by atoms with E-state index in [9.17, 15) is 14.9 Å². The molecule has 1 heterocycles.